The van der Waals surface area contributed by atoms with Crippen LogP contribution in [0, 0.1) is 0 Å². The van der Waals surface area contributed by atoms with Crippen LogP contribution in [-0.4, -0.2) is 28.4 Å². The molecule has 2 atom stereocenters. The first kappa shape index (κ1) is 20.1. The maximum absolute atomic E-state index is 13.1. The Morgan fingerprint density at radius 2 is 1.83 bits per heavy atom. The van der Waals surface area contributed by atoms with Crippen molar-refractivity contribution >= 4 is 23.3 Å². The maximum Gasteiger partial charge on any atom is 0.405 e. The third-order valence-electron chi connectivity index (χ3n) is 5.24. The molecular weight excluding hydrogens is 398 g/mol. The fourth-order valence-corrected chi connectivity index (χ4v) is 4.79. The SMILES string of the molecule is NC(=O)OC(CC(=O)N1CCCC1c1nc(-c2ccccc2)cs1)c1ccccc1. The number of rotatable bonds is 6. The topological polar surface area (TPSA) is 85.5 Å². The zero-order valence-corrected chi connectivity index (χ0v) is 17.3. The smallest absolute Gasteiger partial charge is 0.405 e. The number of nitrogens with two attached hydrogens (primary N) is 1. The second-order valence-corrected chi connectivity index (χ2v) is 8.11. The molecule has 2 N–H and O–H groups in total. The Labute approximate surface area is 179 Å². The lowest BCUT2D eigenvalue weighted by Gasteiger charge is -2.25. The molecule has 4 rings (SSSR count). The van der Waals surface area contributed by atoms with E-state index in [0.29, 0.717) is 6.54 Å². The van der Waals surface area contributed by atoms with E-state index in [0.717, 1.165) is 34.7 Å². The molecule has 154 valence electrons. The Balaban J connectivity index is 1.50. The molecule has 0 bridgehead atoms. The molecule has 2 amide bonds. The predicted molar refractivity (Wildman–Crippen MR) is 116 cm³/mol. The summed E-state index contributed by atoms with van der Waals surface area (Å²) in [6.45, 7) is 0.668. The third-order valence-corrected chi connectivity index (χ3v) is 6.19. The van der Waals surface area contributed by atoms with E-state index in [4.69, 9.17) is 15.5 Å². The molecule has 1 saturated heterocycles. The van der Waals surface area contributed by atoms with Crippen molar-refractivity contribution in [3.8, 4) is 11.3 Å². The summed E-state index contributed by atoms with van der Waals surface area (Å²) in [6, 6.07) is 19.2. The average molecular weight is 422 g/mol. The zero-order chi connectivity index (χ0) is 20.9. The van der Waals surface area contributed by atoms with E-state index in [1.165, 1.54) is 0 Å². The number of nitrogens with zero attached hydrogens (tertiary/aromatic N) is 2. The molecule has 0 radical (unpaired) electrons. The summed E-state index contributed by atoms with van der Waals surface area (Å²) in [5, 5.41) is 2.97. The van der Waals surface area contributed by atoms with Crippen LogP contribution < -0.4 is 5.73 Å². The number of hydrogen-bond donors (Lipinski definition) is 1. The minimum atomic E-state index is -0.887. The molecule has 7 heteroatoms. The summed E-state index contributed by atoms with van der Waals surface area (Å²) in [4.78, 5) is 31.2. The highest BCUT2D eigenvalue weighted by Crippen LogP contribution is 2.37. The Kier molecular flexibility index (Phi) is 6.09. The van der Waals surface area contributed by atoms with Gasteiger partial charge in [0.2, 0.25) is 5.91 Å². The molecule has 1 fully saturated rings. The van der Waals surface area contributed by atoms with Crippen molar-refractivity contribution < 1.29 is 14.3 Å². The van der Waals surface area contributed by atoms with Crippen molar-refractivity contribution in [1.82, 2.24) is 9.88 Å². The van der Waals surface area contributed by atoms with Gasteiger partial charge in [0, 0.05) is 17.5 Å². The molecule has 0 aliphatic carbocycles. The first-order chi connectivity index (χ1) is 14.6. The lowest BCUT2D eigenvalue weighted by atomic mass is 10.1. The van der Waals surface area contributed by atoms with Gasteiger partial charge in [0.1, 0.15) is 11.1 Å². The molecule has 1 aromatic heterocycles. The number of hydrogen-bond acceptors (Lipinski definition) is 5. The summed E-state index contributed by atoms with van der Waals surface area (Å²) in [6.07, 6.45) is 0.264. The Hall–Kier alpha value is -3.19. The minimum absolute atomic E-state index is 0.0510. The molecule has 0 spiro atoms. The number of thiazole rings is 1. The van der Waals surface area contributed by atoms with Crippen molar-refractivity contribution in [3.05, 3.63) is 76.6 Å². The van der Waals surface area contributed by atoms with E-state index in [9.17, 15) is 9.59 Å². The summed E-state index contributed by atoms with van der Waals surface area (Å²) in [5.74, 6) is -0.0657. The van der Waals surface area contributed by atoms with Gasteiger partial charge in [-0.25, -0.2) is 9.78 Å². The van der Waals surface area contributed by atoms with Crippen LogP contribution >= 0.6 is 11.3 Å². The summed E-state index contributed by atoms with van der Waals surface area (Å²) < 4.78 is 5.25. The van der Waals surface area contributed by atoms with E-state index in [-0.39, 0.29) is 18.4 Å². The molecule has 2 unspecified atom stereocenters. The van der Waals surface area contributed by atoms with Crippen LogP contribution in [0.4, 0.5) is 4.79 Å². The normalized spacial score (nSPS) is 16.9. The lowest BCUT2D eigenvalue weighted by molar-refractivity contribution is -0.134. The first-order valence-electron chi connectivity index (χ1n) is 9.93. The van der Waals surface area contributed by atoms with Crippen molar-refractivity contribution in [2.45, 2.75) is 31.4 Å². The largest absolute Gasteiger partial charge is 0.441 e. The summed E-state index contributed by atoms with van der Waals surface area (Å²) >= 11 is 1.58. The van der Waals surface area contributed by atoms with Gasteiger partial charge in [-0.2, -0.15) is 0 Å². The van der Waals surface area contributed by atoms with Gasteiger partial charge in [-0.05, 0) is 18.4 Å². The fourth-order valence-electron chi connectivity index (χ4n) is 3.82. The highest BCUT2D eigenvalue weighted by atomic mass is 32.1. The van der Waals surface area contributed by atoms with Gasteiger partial charge in [0.05, 0.1) is 18.2 Å². The standard InChI is InChI=1S/C23H23N3O3S/c24-23(28)29-20(17-10-5-2-6-11-17)14-21(27)26-13-7-12-19(26)22-25-18(15-30-22)16-8-3-1-4-9-16/h1-6,8-11,15,19-20H,7,12-14H2,(H2,24,28). The number of ether oxygens (including phenoxy) is 1. The number of carbonyl (C=O) groups is 2. The van der Waals surface area contributed by atoms with Crippen LogP contribution in [0.1, 0.15) is 42.0 Å². The molecule has 2 heterocycles. The first-order valence-corrected chi connectivity index (χ1v) is 10.8. The zero-order valence-electron chi connectivity index (χ0n) is 16.4. The van der Waals surface area contributed by atoms with Crippen LogP contribution in [0.25, 0.3) is 11.3 Å². The molecule has 6 nitrogen and oxygen atoms in total. The van der Waals surface area contributed by atoms with Crippen molar-refractivity contribution in [2.24, 2.45) is 5.73 Å². The number of likely N-dealkylation sites (tertiary alicyclic amines) is 1. The van der Waals surface area contributed by atoms with Gasteiger partial charge in [-0.1, -0.05) is 60.7 Å². The Morgan fingerprint density at radius 1 is 1.13 bits per heavy atom. The molecule has 3 aromatic rings. The van der Waals surface area contributed by atoms with Gasteiger partial charge in [0.25, 0.3) is 0 Å². The number of carbonyl (C=O) groups excluding carboxylic acids is 2. The third kappa shape index (κ3) is 4.52. The molecular formula is C23H23N3O3S. The van der Waals surface area contributed by atoms with Gasteiger partial charge in [-0.3, -0.25) is 4.79 Å². The molecule has 1 aliphatic rings. The van der Waals surface area contributed by atoms with Crippen molar-refractivity contribution in [1.29, 1.82) is 0 Å². The van der Waals surface area contributed by atoms with Crippen LogP contribution in [0.5, 0.6) is 0 Å². The van der Waals surface area contributed by atoms with Crippen LogP contribution in [0.3, 0.4) is 0 Å². The van der Waals surface area contributed by atoms with Crippen LogP contribution in [0.2, 0.25) is 0 Å². The van der Waals surface area contributed by atoms with E-state index in [1.807, 2.05) is 70.9 Å². The van der Waals surface area contributed by atoms with Crippen molar-refractivity contribution in [2.75, 3.05) is 6.54 Å². The molecule has 2 aromatic carbocycles. The van der Waals surface area contributed by atoms with Gasteiger partial charge >= 0.3 is 6.09 Å². The lowest BCUT2D eigenvalue weighted by Crippen LogP contribution is -2.32. The predicted octanol–water partition coefficient (Wildman–Crippen LogP) is 4.70. The number of amides is 2. The monoisotopic (exact) mass is 421 g/mol. The Bertz CT molecular complexity index is 1010. The number of aromatic nitrogens is 1. The summed E-state index contributed by atoms with van der Waals surface area (Å²) in [7, 11) is 0. The van der Waals surface area contributed by atoms with E-state index in [2.05, 4.69) is 0 Å². The molecule has 0 saturated carbocycles. The van der Waals surface area contributed by atoms with E-state index in [1.54, 1.807) is 11.3 Å². The highest BCUT2D eigenvalue weighted by molar-refractivity contribution is 7.10. The number of primary amides is 1. The van der Waals surface area contributed by atoms with Gasteiger partial charge in [0.15, 0.2) is 0 Å². The Morgan fingerprint density at radius 3 is 2.53 bits per heavy atom. The average Bonchev–Trinajstić information content (AvgIpc) is 3.44. The van der Waals surface area contributed by atoms with Crippen LogP contribution in [-0.2, 0) is 9.53 Å². The summed E-state index contributed by atoms with van der Waals surface area (Å²) in [5.41, 5.74) is 7.98. The molecule has 1 aliphatic heterocycles. The van der Waals surface area contributed by atoms with E-state index >= 15 is 0 Å². The van der Waals surface area contributed by atoms with Gasteiger partial charge < -0.3 is 15.4 Å². The second-order valence-electron chi connectivity index (χ2n) is 7.22. The quantitative estimate of drug-likeness (QED) is 0.625. The van der Waals surface area contributed by atoms with Gasteiger partial charge in [-0.15, -0.1) is 11.3 Å². The highest BCUT2D eigenvalue weighted by Gasteiger charge is 2.34. The number of benzene rings is 2. The second kappa shape index (κ2) is 9.09. The van der Waals surface area contributed by atoms with Crippen LogP contribution in [0.15, 0.2) is 66.0 Å². The van der Waals surface area contributed by atoms with Crippen molar-refractivity contribution in [3.63, 3.8) is 0 Å². The minimum Gasteiger partial charge on any atom is -0.441 e. The molecule has 30 heavy (non-hydrogen) atoms. The van der Waals surface area contributed by atoms with E-state index < -0.39 is 12.2 Å². The fraction of sp³-hybridized carbons (Fsp3) is 0.261. The maximum atomic E-state index is 13.1.